The van der Waals surface area contributed by atoms with Crippen LogP contribution in [0.2, 0.25) is 0 Å². The van der Waals surface area contributed by atoms with E-state index in [0.29, 0.717) is 31.0 Å². The van der Waals surface area contributed by atoms with Crippen LogP contribution in [0.3, 0.4) is 0 Å². The van der Waals surface area contributed by atoms with Gasteiger partial charge in [0.2, 0.25) is 5.91 Å². The van der Waals surface area contributed by atoms with Crippen molar-refractivity contribution in [1.82, 2.24) is 5.32 Å². The lowest BCUT2D eigenvalue weighted by Gasteiger charge is -2.30. The van der Waals surface area contributed by atoms with Gasteiger partial charge >= 0.3 is 0 Å². The summed E-state index contributed by atoms with van der Waals surface area (Å²) in [7, 11) is 1.59. The molecule has 0 unspecified atom stereocenters. The molecule has 0 saturated heterocycles. The molecule has 5 nitrogen and oxygen atoms in total. The van der Waals surface area contributed by atoms with E-state index in [1.165, 1.54) is 11.8 Å². The number of nitrogens with zero attached hydrogens (tertiary/aromatic N) is 1. The first-order valence-corrected chi connectivity index (χ1v) is 9.47. The molecule has 1 heterocycles. The maximum Gasteiger partial charge on any atom is 0.251 e. The zero-order valence-corrected chi connectivity index (χ0v) is 15.8. The molecule has 0 aliphatic carbocycles. The van der Waals surface area contributed by atoms with Gasteiger partial charge in [0.25, 0.3) is 5.91 Å². The summed E-state index contributed by atoms with van der Waals surface area (Å²) in [5.74, 6) is 0.310. The van der Waals surface area contributed by atoms with Crippen molar-refractivity contribution in [2.45, 2.75) is 18.4 Å². The van der Waals surface area contributed by atoms with Gasteiger partial charge in [-0.15, -0.1) is 11.8 Å². The molecule has 2 aromatic carbocycles. The first kappa shape index (κ1) is 18.5. The van der Waals surface area contributed by atoms with Crippen LogP contribution in [0.15, 0.2) is 47.4 Å². The maximum atomic E-state index is 12.6. The Kier molecular flexibility index (Phi) is 5.96. The minimum atomic E-state index is -0.163. The van der Waals surface area contributed by atoms with Gasteiger partial charge in [-0.25, -0.2) is 0 Å². The monoisotopic (exact) mass is 370 g/mol. The number of rotatable bonds is 6. The van der Waals surface area contributed by atoms with Crippen molar-refractivity contribution < 1.29 is 14.3 Å². The van der Waals surface area contributed by atoms with Crippen molar-refractivity contribution in [3.63, 3.8) is 0 Å². The second-order valence-electron chi connectivity index (χ2n) is 6.13. The molecular formula is C20H22N2O3S. The van der Waals surface area contributed by atoms with Crippen LogP contribution in [0.1, 0.15) is 21.5 Å². The minimum absolute atomic E-state index is 0.0581. The van der Waals surface area contributed by atoms with E-state index in [0.717, 1.165) is 21.7 Å². The Labute approximate surface area is 157 Å². The number of benzene rings is 2. The Balaban J connectivity index is 1.87. The third kappa shape index (κ3) is 4.08. The molecule has 2 aromatic rings. The summed E-state index contributed by atoms with van der Waals surface area (Å²) in [5, 5.41) is 2.82. The third-order valence-electron chi connectivity index (χ3n) is 4.35. The summed E-state index contributed by atoms with van der Waals surface area (Å²) in [4.78, 5) is 27.7. The van der Waals surface area contributed by atoms with Gasteiger partial charge in [0, 0.05) is 24.1 Å². The fourth-order valence-corrected chi connectivity index (χ4v) is 3.76. The lowest BCUT2D eigenvalue weighted by Crippen LogP contribution is -2.35. The number of nitrogens with one attached hydrogen (secondary N) is 1. The topological polar surface area (TPSA) is 58.6 Å². The highest BCUT2D eigenvalue weighted by atomic mass is 32.2. The summed E-state index contributed by atoms with van der Waals surface area (Å²) in [5.41, 5.74) is 3.60. The van der Waals surface area contributed by atoms with E-state index in [4.69, 9.17) is 4.74 Å². The molecule has 0 bridgehead atoms. The number of aryl methyl sites for hydroxylation is 1. The quantitative estimate of drug-likeness (QED) is 0.794. The number of ether oxygens (including phenoxy) is 1. The van der Waals surface area contributed by atoms with Crippen molar-refractivity contribution in [2.75, 3.05) is 30.9 Å². The average Bonchev–Trinajstić information content (AvgIpc) is 2.65. The number of thioether (sulfide) groups is 1. The lowest BCUT2D eigenvalue weighted by atomic mass is 10.1. The Hall–Kier alpha value is -2.31. The molecule has 0 fully saturated rings. The smallest absolute Gasteiger partial charge is 0.251 e. The van der Waals surface area contributed by atoms with E-state index in [2.05, 4.69) is 5.32 Å². The van der Waals surface area contributed by atoms with Crippen molar-refractivity contribution in [2.24, 2.45) is 0 Å². The normalized spacial score (nSPS) is 13.5. The molecule has 0 aromatic heterocycles. The van der Waals surface area contributed by atoms with Crippen LogP contribution >= 0.6 is 11.8 Å². The molecule has 1 aliphatic heterocycles. The highest BCUT2D eigenvalue weighted by Crippen LogP contribution is 2.37. The summed E-state index contributed by atoms with van der Waals surface area (Å²) in [6.07, 6.45) is 0. The Bertz CT molecular complexity index is 822. The second kappa shape index (κ2) is 8.38. The number of carbonyl (C=O) groups is 2. The van der Waals surface area contributed by atoms with E-state index in [1.807, 2.05) is 37.3 Å². The SMILES string of the molecule is COCCNC(=O)c1ccc2c(c1)N(Cc1ccccc1C)C(=O)CS2. The number of hydrogen-bond donors (Lipinski definition) is 1. The maximum absolute atomic E-state index is 12.6. The minimum Gasteiger partial charge on any atom is -0.383 e. The number of amides is 2. The third-order valence-corrected chi connectivity index (χ3v) is 5.39. The zero-order chi connectivity index (χ0) is 18.5. The molecule has 0 atom stereocenters. The fourth-order valence-electron chi connectivity index (χ4n) is 2.84. The summed E-state index contributed by atoms with van der Waals surface area (Å²) in [6, 6.07) is 13.6. The van der Waals surface area contributed by atoms with Gasteiger partial charge < -0.3 is 15.0 Å². The highest BCUT2D eigenvalue weighted by Gasteiger charge is 2.26. The van der Waals surface area contributed by atoms with Crippen LogP contribution in [0.4, 0.5) is 5.69 Å². The van der Waals surface area contributed by atoms with Gasteiger partial charge in [-0.1, -0.05) is 24.3 Å². The summed E-state index contributed by atoms with van der Waals surface area (Å²) in [6.45, 7) is 3.46. The highest BCUT2D eigenvalue weighted by molar-refractivity contribution is 8.00. The van der Waals surface area contributed by atoms with Gasteiger partial charge in [0.05, 0.1) is 24.6 Å². The number of fused-ring (bicyclic) bond motifs is 1. The number of hydrogen-bond acceptors (Lipinski definition) is 4. The van der Waals surface area contributed by atoms with Crippen molar-refractivity contribution >= 4 is 29.3 Å². The molecule has 26 heavy (non-hydrogen) atoms. The van der Waals surface area contributed by atoms with Gasteiger partial charge in [-0.3, -0.25) is 9.59 Å². The molecule has 3 rings (SSSR count). The van der Waals surface area contributed by atoms with E-state index in [1.54, 1.807) is 24.1 Å². The molecule has 6 heteroatoms. The molecule has 1 N–H and O–H groups in total. The predicted octanol–water partition coefficient (Wildman–Crippen LogP) is 3.01. The molecule has 2 amide bonds. The van der Waals surface area contributed by atoms with E-state index >= 15 is 0 Å². The molecular weight excluding hydrogens is 348 g/mol. The van der Waals surface area contributed by atoms with E-state index in [-0.39, 0.29) is 11.8 Å². The Morgan fingerprint density at radius 1 is 1.27 bits per heavy atom. The van der Waals surface area contributed by atoms with Crippen molar-refractivity contribution in [3.8, 4) is 0 Å². The first-order valence-electron chi connectivity index (χ1n) is 8.49. The Morgan fingerprint density at radius 2 is 2.08 bits per heavy atom. The number of methoxy groups -OCH3 is 1. The van der Waals surface area contributed by atoms with Gasteiger partial charge in [-0.2, -0.15) is 0 Å². The zero-order valence-electron chi connectivity index (χ0n) is 15.0. The second-order valence-corrected chi connectivity index (χ2v) is 7.14. The largest absolute Gasteiger partial charge is 0.383 e. The van der Waals surface area contributed by atoms with Gasteiger partial charge in [-0.05, 0) is 36.2 Å². The van der Waals surface area contributed by atoms with Crippen LogP contribution in [0, 0.1) is 6.92 Å². The van der Waals surface area contributed by atoms with Crippen molar-refractivity contribution in [1.29, 1.82) is 0 Å². The first-order chi connectivity index (χ1) is 12.6. The molecule has 136 valence electrons. The van der Waals surface area contributed by atoms with Gasteiger partial charge in [0.1, 0.15) is 0 Å². The molecule has 0 radical (unpaired) electrons. The van der Waals surface area contributed by atoms with E-state index < -0.39 is 0 Å². The predicted molar refractivity (Wildman–Crippen MR) is 104 cm³/mol. The van der Waals surface area contributed by atoms with E-state index in [9.17, 15) is 9.59 Å². The lowest BCUT2D eigenvalue weighted by molar-refractivity contribution is -0.116. The molecule has 0 saturated carbocycles. The van der Waals surface area contributed by atoms with Crippen LogP contribution < -0.4 is 10.2 Å². The standard InChI is InChI=1S/C20H22N2O3S/c1-14-5-3-4-6-16(14)12-22-17-11-15(20(24)21-9-10-25-2)7-8-18(17)26-13-19(22)23/h3-8,11H,9-10,12-13H2,1-2H3,(H,21,24). The average molecular weight is 370 g/mol. The van der Waals surface area contributed by atoms with Gasteiger partial charge in [0.15, 0.2) is 0 Å². The van der Waals surface area contributed by atoms with Crippen LogP contribution in [0.5, 0.6) is 0 Å². The number of carbonyl (C=O) groups excluding carboxylic acids is 2. The van der Waals surface area contributed by atoms with Crippen LogP contribution in [-0.4, -0.2) is 37.8 Å². The van der Waals surface area contributed by atoms with Crippen LogP contribution in [-0.2, 0) is 16.1 Å². The summed E-state index contributed by atoms with van der Waals surface area (Å²) < 4.78 is 4.96. The summed E-state index contributed by atoms with van der Waals surface area (Å²) >= 11 is 1.51. The van der Waals surface area contributed by atoms with Crippen LogP contribution in [0.25, 0.3) is 0 Å². The molecule has 1 aliphatic rings. The number of anilines is 1. The molecule has 0 spiro atoms. The Morgan fingerprint density at radius 3 is 2.85 bits per heavy atom. The van der Waals surface area contributed by atoms with Crippen molar-refractivity contribution in [3.05, 3.63) is 59.2 Å². The fraction of sp³-hybridized carbons (Fsp3) is 0.300.